The molecule has 2 amide bonds. The van der Waals surface area contributed by atoms with E-state index in [0.29, 0.717) is 17.7 Å². The standard InChI is InChI=1S/C23H18F6N4O2/c1-11-8-14(32-20(34)12-2-6-18(31)17(9-12)23(27,28)29)4-7-19(11)33-21(35)15-5-3-13(30)10-16(15)22(24,25)26/h2-10H,30-31H2,1H3,(H,32,34)(H,33,35). The molecule has 3 aromatic rings. The van der Waals surface area contributed by atoms with Gasteiger partial charge in [-0.05, 0) is 67.1 Å². The molecule has 0 heterocycles. The molecule has 3 rings (SSSR count). The van der Waals surface area contributed by atoms with Gasteiger partial charge in [-0.1, -0.05) is 0 Å². The predicted molar refractivity (Wildman–Crippen MR) is 119 cm³/mol. The minimum absolute atomic E-state index is 0.157. The van der Waals surface area contributed by atoms with Crippen LogP contribution in [0.5, 0.6) is 0 Å². The first-order valence-corrected chi connectivity index (χ1v) is 9.83. The first-order chi connectivity index (χ1) is 16.2. The second-order valence-electron chi connectivity index (χ2n) is 7.54. The number of anilines is 4. The van der Waals surface area contributed by atoms with E-state index in [2.05, 4.69) is 10.6 Å². The van der Waals surface area contributed by atoms with Gasteiger partial charge in [-0.3, -0.25) is 9.59 Å². The largest absolute Gasteiger partial charge is 0.418 e. The Balaban J connectivity index is 1.79. The Hall–Kier alpha value is -4.22. The van der Waals surface area contributed by atoms with E-state index < -0.39 is 46.5 Å². The highest BCUT2D eigenvalue weighted by Gasteiger charge is 2.36. The molecular weight excluding hydrogens is 478 g/mol. The smallest absolute Gasteiger partial charge is 0.399 e. The van der Waals surface area contributed by atoms with E-state index in [-0.39, 0.29) is 22.6 Å². The van der Waals surface area contributed by atoms with Gasteiger partial charge >= 0.3 is 12.4 Å². The number of rotatable bonds is 4. The summed E-state index contributed by atoms with van der Waals surface area (Å²) >= 11 is 0. The Morgan fingerprint density at radius 2 is 1.40 bits per heavy atom. The molecule has 3 aromatic carbocycles. The summed E-state index contributed by atoms with van der Waals surface area (Å²) in [5, 5.41) is 4.79. The van der Waals surface area contributed by atoms with Crippen LogP contribution in [0.4, 0.5) is 49.1 Å². The molecule has 184 valence electrons. The maximum Gasteiger partial charge on any atom is 0.418 e. The summed E-state index contributed by atoms with van der Waals surface area (Å²) in [7, 11) is 0. The van der Waals surface area contributed by atoms with Crippen LogP contribution in [-0.4, -0.2) is 11.8 Å². The van der Waals surface area contributed by atoms with Crippen LogP contribution in [0.1, 0.15) is 37.4 Å². The summed E-state index contributed by atoms with van der Waals surface area (Å²) in [6.45, 7) is 1.52. The van der Waals surface area contributed by atoms with E-state index in [1.807, 2.05) is 0 Å². The van der Waals surface area contributed by atoms with Gasteiger partial charge in [0.05, 0.1) is 16.7 Å². The summed E-state index contributed by atoms with van der Waals surface area (Å²) < 4.78 is 79.0. The number of alkyl halides is 6. The molecule has 0 aromatic heterocycles. The number of hydrogen-bond donors (Lipinski definition) is 4. The van der Waals surface area contributed by atoms with Crippen molar-refractivity contribution < 1.29 is 35.9 Å². The predicted octanol–water partition coefficient (Wildman–Crippen LogP) is 5.70. The third-order valence-electron chi connectivity index (χ3n) is 4.95. The average molecular weight is 496 g/mol. The molecule has 0 aliphatic heterocycles. The lowest BCUT2D eigenvalue weighted by atomic mass is 10.0. The van der Waals surface area contributed by atoms with Crippen molar-refractivity contribution in [2.45, 2.75) is 19.3 Å². The first-order valence-electron chi connectivity index (χ1n) is 9.83. The van der Waals surface area contributed by atoms with Crippen molar-refractivity contribution in [3.63, 3.8) is 0 Å². The van der Waals surface area contributed by atoms with E-state index in [1.54, 1.807) is 0 Å². The summed E-state index contributed by atoms with van der Waals surface area (Å²) in [5.74, 6) is -1.87. The number of halogens is 6. The number of nitrogen functional groups attached to an aromatic ring is 2. The fraction of sp³-hybridized carbons (Fsp3) is 0.130. The number of amides is 2. The Bertz CT molecular complexity index is 1300. The Morgan fingerprint density at radius 3 is 2.00 bits per heavy atom. The number of nitrogens with one attached hydrogen (secondary N) is 2. The number of hydrogen-bond acceptors (Lipinski definition) is 4. The topological polar surface area (TPSA) is 110 Å². The van der Waals surface area contributed by atoms with Crippen LogP contribution in [0.3, 0.4) is 0 Å². The highest BCUT2D eigenvalue weighted by molar-refractivity contribution is 6.07. The molecule has 0 radical (unpaired) electrons. The van der Waals surface area contributed by atoms with E-state index in [4.69, 9.17) is 11.5 Å². The van der Waals surface area contributed by atoms with Gasteiger partial charge in [0.25, 0.3) is 11.8 Å². The fourth-order valence-electron chi connectivity index (χ4n) is 3.21. The quantitative estimate of drug-likeness (QED) is 0.274. The van der Waals surface area contributed by atoms with E-state index in [9.17, 15) is 35.9 Å². The number of aryl methyl sites for hydroxylation is 1. The first kappa shape index (κ1) is 25.4. The number of carbonyl (C=O) groups excluding carboxylic acids is 2. The second-order valence-corrected chi connectivity index (χ2v) is 7.54. The lowest BCUT2D eigenvalue weighted by molar-refractivity contribution is -0.138. The summed E-state index contributed by atoms with van der Waals surface area (Å²) in [6, 6.07) is 9.55. The molecule has 0 spiro atoms. The molecule has 35 heavy (non-hydrogen) atoms. The van der Waals surface area contributed by atoms with E-state index in [0.717, 1.165) is 24.3 Å². The molecule has 0 atom stereocenters. The molecule has 0 unspecified atom stereocenters. The lowest BCUT2D eigenvalue weighted by Gasteiger charge is -2.15. The SMILES string of the molecule is Cc1cc(NC(=O)c2ccc(N)c(C(F)(F)F)c2)ccc1NC(=O)c1ccc(N)cc1C(F)(F)F. The molecule has 6 nitrogen and oxygen atoms in total. The van der Waals surface area contributed by atoms with Crippen molar-refractivity contribution in [3.8, 4) is 0 Å². The summed E-state index contributed by atoms with van der Waals surface area (Å²) in [6.07, 6.45) is -9.55. The van der Waals surface area contributed by atoms with Crippen LogP contribution in [0.25, 0.3) is 0 Å². The molecule has 0 aliphatic rings. The molecule has 6 N–H and O–H groups in total. The number of carbonyl (C=O) groups is 2. The van der Waals surface area contributed by atoms with Crippen molar-refractivity contribution in [3.05, 3.63) is 82.4 Å². The van der Waals surface area contributed by atoms with Crippen LogP contribution >= 0.6 is 0 Å². The molecule has 0 saturated heterocycles. The minimum Gasteiger partial charge on any atom is -0.399 e. The van der Waals surface area contributed by atoms with Gasteiger partial charge in [-0.25, -0.2) is 0 Å². The van der Waals surface area contributed by atoms with Gasteiger partial charge in [0.15, 0.2) is 0 Å². The maximum atomic E-state index is 13.3. The Labute approximate surface area is 194 Å². The molecule has 0 saturated carbocycles. The van der Waals surface area contributed by atoms with E-state index >= 15 is 0 Å². The molecule has 0 aliphatic carbocycles. The second kappa shape index (κ2) is 9.20. The zero-order valence-electron chi connectivity index (χ0n) is 17.9. The lowest BCUT2D eigenvalue weighted by Crippen LogP contribution is -2.19. The fourth-order valence-corrected chi connectivity index (χ4v) is 3.21. The average Bonchev–Trinajstić information content (AvgIpc) is 2.74. The third-order valence-corrected chi connectivity index (χ3v) is 4.95. The monoisotopic (exact) mass is 496 g/mol. The van der Waals surface area contributed by atoms with Crippen LogP contribution in [0.2, 0.25) is 0 Å². The minimum atomic E-state index is -4.81. The Morgan fingerprint density at radius 1 is 0.743 bits per heavy atom. The third kappa shape index (κ3) is 5.83. The van der Waals surface area contributed by atoms with Gasteiger partial charge in [0.2, 0.25) is 0 Å². The number of nitrogens with two attached hydrogens (primary N) is 2. The highest BCUT2D eigenvalue weighted by Crippen LogP contribution is 2.35. The normalized spacial score (nSPS) is 11.7. The molecular formula is C23H18F6N4O2. The van der Waals surface area contributed by atoms with Crippen LogP contribution < -0.4 is 22.1 Å². The maximum absolute atomic E-state index is 13.3. The van der Waals surface area contributed by atoms with Crippen molar-refractivity contribution >= 4 is 34.6 Å². The highest BCUT2D eigenvalue weighted by atomic mass is 19.4. The molecule has 0 fully saturated rings. The summed E-state index contributed by atoms with van der Waals surface area (Å²) in [4.78, 5) is 24.9. The van der Waals surface area contributed by atoms with Crippen molar-refractivity contribution in [1.82, 2.24) is 0 Å². The number of benzene rings is 3. The molecule has 0 bridgehead atoms. The van der Waals surface area contributed by atoms with Crippen LogP contribution in [-0.2, 0) is 12.4 Å². The van der Waals surface area contributed by atoms with Crippen molar-refractivity contribution in [2.24, 2.45) is 0 Å². The van der Waals surface area contributed by atoms with Crippen LogP contribution in [0, 0.1) is 6.92 Å². The zero-order chi connectivity index (χ0) is 26.1. The van der Waals surface area contributed by atoms with Gasteiger partial charge < -0.3 is 22.1 Å². The van der Waals surface area contributed by atoms with Crippen molar-refractivity contribution in [2.75, 3.05) is 22.1 Å². The zero-order valence-corrected chi connectivity index (χ0v) is 17.9. The Kier molecular flexibility index (Phi) is 6.68. The van der Waals surface area contributed by atoms with Gasteiger partial charge in [0, 0.05) is 28.3 Å². The van der Waals surface area contributed by atoms with Crippen LogP contribution in [0.15, 0.2) is 54.6 Å². The van der Waals surface area contributed by atoms with Crippen molar-refractivity contribution in [1.29, 1.82) is 0 Å². The van der Waals surface area contributed by atoms with Gasteiger partial charge in [-0.15, -0.1) is 0 Å². The summed E-state index contributed by atoms with van der Waals surface area (Å²) in [5.41, 5.74) is 7.49. The van der Waals surface area contributed by atoms with Gasteiger partial charge in [-0.2, -0.15) is 26.3 Å². The molecule has 12 heteroatoms. The van der Waals surface area contributed by atoms with Gasteiger partial charge in [0.1, 0.15) is 0 Å². The van der Waals surface area contributed by atoms with E-state index in [1.165, 1.54) is 25.1 Å².